The smallest absolute Gasteiger partial charge is 0.122 e. The molecule has 4 aliphatic heterocycles. The Morgan fingerprint density at radius 1 is 0.885 bits per heavy atom. The molecule has 0 amide bonds. The highest BCUT2D eigenvalue weighted by Gasteiger charge is 2.33. The lowest BCUT2D eigenvalue weighted by Crippen LogP contribution is -2.51. The van der Waals surface area contributed by atoms with Crippen LogP contribution in [0, 0.1) is 0 Å². The van der Waals surface area contributed by atoms with Crippen molar-refractivity contribution in [2.24, 2.45) is 0 Å². The van der Waals surface area contributed by atoms with Crippen LogP contribution in [-0.4, -0.2) is 92.2 Å². The van der Waals surface area contributed by atoms with Crippen LogP contribution in [0.25, 0.3) is 0 Å². The summed E-state index contributed by atoms with van der Waals surface area (Å²) >= 11 is 0. The van der Waals surface area contributed by atoms with Crippen molar-refractivity contribution in [2.75, 3.05) is 59.1 Å². The van der Waals surface area contributed by atoms with E-state index in [0.29, 0.717) is 0 Å². The van der Waals surface area contributed by atoms with E-state index in [4.69, 9.17) is 9.47 Å². The average molecular weight is 367 g/mol. The van der Waals surface area contributed by atoms with Gasteiger partial charge in [-0.05, 0) is 45.1 Å². The van der Waals surface area contributed by atoms with Crippen molar-refractivity contribution in [3.63, 3.8) is 0 Å². The number of rotatable bonds is 7. The van der Waals surface area contributed by atoms with Crippen molar-refractivity contribution in [3.05, 3.63) is 0 Å². The Labute approximate surface area is 159 Å². The van der Waals surface area contributed by atoms with Crippen molar-refractivity contribution < 1.29 is 9.47 Å². The number of hydrogen-bond acceptors (Lipinski definition) is 6. The molecule has 1 N–H and O–H groups in total. The molecule has 150 valence electrons. The second-order valence-corrected chi connectivity index (χ2v) is 8.50. The Balaban J connectivity index is 1.04. The summed E-state index contributed by atoms with van der Waals surface area (Å²) in [6.45, 7) is 10.2. The summed E-state index contributed by atoms with van der Waals surface area (Å²) in [5, 5.41) is 2.42. The molecule has 0 spiro atoms. The molecule has 0 radical (unpaired) electrons. The molecule has 4 fully saturated rings. The molecule has 0 aromatic rings. The Morgan fingerprint density at radius 3 is 2.54 bits per heavy atom. The lowest BCUT2D eigenvalue weighted by atomic mass is 10.0. The third-order valence-corrected chi connectivity index (χ3v) is 6.72. The molecule has 2 unspecified atom stereocenters. The maximum atomic E-state index is 6.09. The van der Waals surface area contributed by atoms with Gasteiger partial charge < -0.3 is 14.4 Å². The summed E-state index contributed by atoms with van der Waals surface area (Å²) in [6.07, 6.45) is 10.4. The molecule has 6 heteroatoms. The fourth-order valence-electron chi connectivity index (χ4n) is 5.07. The van der Waals surface area contributed by atoms with Crippen LogP contribution < -0.4 is 5.43 Å². The first-order valence-electron chi connectivity index (χ1n) is 11.1. The number of hydrogen-bond donors (Lipinski definition) is 1. The highest BCUT2D eigenvalue weighted by Crippen LogP contribution is 2.25. The maximum absolute atomic E-state index is 6.09. The highest BCUT2D eigenvalue weighted by atomic mass is 16.5. The molecule has 26 heavy (non-hydrogen) atoms. The van der Waals surface area contributed by atoms with Gasteiger partial charge in [0.1, 0.15) is 6.23 Å². The topological polar surface area (TPSA) is 40.2 Å². The molecule has 0 aromatic heterocycles. The number of nitrogens with one attached hydrogen (secondary N) is 1. The second-order valence-electron chi connectivity index (χ2n) is 8.50. The van der Waals surface area contributed by atoms with Gasteiger partial charge in [0.15, 0.2) is 0 Å². The largest absolute Gasteiger partial charge is 0.381 e. The number of piperidine rings is 1. The molecule has 0 aromatic carbocycles. The Hall–Kier alpha value is -0.240. The zero-order chi connectivity index (χ0) is 17.6. The summed E-state index contributed by atoms with van der Waals surface area (Å²) in [6, 6.07) is 1.50. The van der Waals surface area contributed by atoms with Crippen LogP contribution in [0.5, 0.6) is 0 Å². The van der Waals surface area contributed by atoms with Gasteiger partial charge in [-0.15, -0.1) is 0 Å². The number of nitrogens with zero attached hydrogens (tertiary/aromatic N) is 3. The molecule has 4 heterocycles. The Kier molecular flexibility index (Phi) is 7.20. The van der Waals surface area contributed by atoms with Crippen LogP contribution in [0.2, 0.25) is 0 Å². The highest BCUT2D eigenvalue weighted by molar-refractivity contribution is 4.83. The number of piperazine rings is 1. The third kappa shape index (κ3) is 5.18. The third-order valence-electron chi connectivity index (χ3n) is 6.72. The molecule has 0 aliphatic carbocycles. The van der Waals surface area contributed by atoms with Crippen LogP contribution in [0.15, 0.2) is 0 Å². The van der Waals surface area contributed by atoms with Gasteiger partial charge in [-0.3, -0.25) is 4.90 Å². The van der Waals surface area contributed by atoms with Crippen LogP contribution in [-0.2, 0) is 9.47 Å². The number of ether oxygens (including phenoxy) is 2. The Morgan fingerprint density at radius 2 is 1.73 bits per heavy atom. The van der Waals surface area contributed by atoms with Gasteiger partial charge in [-0.1, -0.05) is 6.42 Å². The normalized spacial score (nSPS) is 32.8. The number of fused-ring (bicyclic) bond motifs is 1. The first kappa shape index (κ1) is 19.1. The molecule has 2 atom stereocenters. The molecule has 6 nitrogen and oxygen atoms in total. The zero-order valence-electron chi connectivity index (χ0n) is 16.4. The van der Waals surface area contributed by atoms with Crippen molar-refractivity contribution in [2.45, 2.75) is 69.7 Å². The van der Waals surface area contributed by atoms with E-state index in [-0.39, 0.29) is 6.23 Å². The summed E-state index contributed by atoms with van der Waals surface area (Å²) in [5.74, 6) is 0. The average Bonchev–Trinajstić information content (AvgIpc) is 3.12. The van der Waals surface area contributed by atoms with Gasteiger partial charge in [0.25, 0.3) is 0 Å². The van der Waals surface area contributed by atoms with Crippen LogP contribution in [0.3, 0.4) is 0 Å². The van der Waals surface area contributed by atoms with E-state index in [1.165, 1.54) is 90.6 Å². The molecule has 4 aliphatic rings. The van der Waals surface area contributed by atoms with E-state index in [0.717, 1.165) is 31.9 Å². The predicted octanol–water partition coefficient (Wildman–Crippen LogP) is 1.67. The zero-order valence-corrected chi connectivity index (χ0v) is 16.4. The van der Waals surface area contributed by atoms with Gasteiger partial charge in [0, 0.05) is 71.0 Å². The molecule has 0 bridgehead atoms. The van der Waals surface area contributed by atoms with Crippen LogP contribution in [0.4, 0.5) is 0 Å². The van der Waals surface area contributed by atoms with Crippen molar-refractivity contribution in [3.8, 4) is 0 Å². The van der Waals surface area contributed by atoms with Crippen molar-refractivity contribution in [1.29, 1.82) is 0 Å². The van der Waals surface area contributed by atoms with E-state index in [2.05, 4.69) is 20.2 Å². The number of hydrazine groups is 1. The number of unbranched alkanes of at least 4 members (excludes halogenated alkanes) is 1. The van der Waals surface area contributed by atoms with E-state index in [1.807, 2.05) is 0 Å². The fourth-order valence-corrected chi connectivity index (χ4v) is 5.07. The molecule has 4 saturated heterocycles. The van der Waals surface area contributed by atoms with Crippen molar-refractivity contribution in [1.82, 2.24) is 20.2 Å². The molecule has 0 saturated carbocycles. The molecular weight excluding hydrogens is 328 g/mol. The van der Waals surface area contributed by atoms with Gasteiger partial charge in [-0.25, -0.2) is 10.4 Å². The first-order chi connectivity index (χ1) is 12.9. The summed E-state index contributed by atoms with van der Waals surface area (Å²) < 4.78 is 11.6. The van der Waals surface area contributed by atoms with E-state index < -0.39 is 0 Å². The lowest BCUT2D eigenvalue weighted by molar-refractivity contribution is 0.00750. The Bertz CT molecular complexity index is 397. The molecular formula is C20H38N4O2. The van der Waals surface area contributed by atoms with Gasteiger partial charge in [-0.2, -0.15) is 0 Å². The first-order valence-corrected chi connectivity index (χ1v) is 11.1. The van der Waals surface area contributed by atoms with E-state index in [1.54, 1.807) is 0 Å². The SMILES string of the molecule is C(CCN1CCN(C2CCOCC2)CC1)COC1CC2CCCCN2N1. The summed E-state index contributed by atoms with van der Waals surface area (Å²) in [7, 11) is 0. The predicted molar refractivity (Wildman–Crippen MR) is 103 cm³/mol. The molecule has 4 rings (SSSR count). The minimum Gasteiger partial charge on any atom is -0.381 e. The standard InChI is InChI=1S/C20H38N4O2/c1-2-9-24-19(5-1)17-20(21-24)26-14-4-3-8-22-10-12-23(13-11-22)18-6-15-25-16-7-18/h18-21H,1-17H2. The maximum Gasteiger partial charge on any atom is 0.122 e. The lowest BCUT2D eigenvalue weighted by Gasteiger charge is -2.40. The summed E-state index contributed by atoms with van der Waals surface area (Å²) in [5.41, 5.74) is 3.56. The van der Waals surface area contributed by atoms with Gasteiger partial charge in [0.2, 0.25) is 0 Å². The van der Waals surface area contributed by atoms with Crippen molar-refractivity contribution >= 4 is 0 Å². The van der Waals surface area contributed by atoms with Crippen LogP contribution >= 0.6 is 0 Å². The second kappa shape index (κ2) is 9.80. The minimum atomic E-state index is 0.265. The van der Waals surface area contributed by atoms with Gasteiger partial charge in [0.05, 0.1) is 0 Å². The van der Waals surface area contributed by atoms with Crippen LogP contribution in [0.1, 0.15) is 51.4 Å². The van der Waals surface area contributed by atoms with Gasteiger partial charge >= 0.3 is 0 Å². The quantitative estimate of drug-likeness (QED) is 0.691. The van der Waals surface area contributed by atoms with E-state index in [9.17, 15) is 0 Å². The summed E-state index contributed by atoms with van der Waals surface area (Å²) in [4.78, 5) is 5.34. The fraction of sp³-hybridized carbons (Fsp3) is 1.00. The monoisotopic (exact) mass is 366 g/mol. The minimum absolute atomic E-state index is 0.265. The van der Waals surface area contributed by atoms with E-state index >= 15 is 0 Å².